The summed E-state index contributed by atoms with van der Waals surface area (Å²) in [6.45, 7) is 0.355. The van der Waals surface area contributed by atoms with Crippen molar-refractivity contribution in [1.29, 1.82) is 0 Å². The predicted molar refractivity (Wildman–Crippen MR) is 126 cm³/mol. The van der Waals surface area contributed by atoms with E-state index < -0.39 is 0 Å². The van der Waals surface area contributed by atoms with Crippen molar-refractivity contribution in [3.63, 3.8) is 0 Å². The third-order valence-corrected chi connectivity index (χ3v) is 5.92. The van der Waals surface area contributed by atoms with Crippen LogP contribution in [0.3, 0.4) is 0 Å². The Morgan fingerprint density at radius 3 is 2.58 bits per heavy atom. The topological polar surface area (TPSA) is 89.0 Å². The van der Waals surface area contributed by atoms with Crippen LogP contribution in [0.25, 0.3) is 38.8 Å². The summed E-state index contributed by atoms with van der Waals surface area (Å²) >= 11 is 6.36. The van der Waals surface area contributed by atoms with E-state index in [1.165, 1.54) is 0 Å². The van der Waals surface area contributed by atoms with Crippen molar-refractivity contribution in [1.82, 2.24) is 28.9 Å². The second kappa shape index (κ2) is 8.02. The number of aryl methyl sites for hydroxylation is 2. The van der Waals surface area contributed by atoms with Crippen molar-refractivity contribution in [3.05, 3.63) is 64.2 Å². The number of hydrogen-bond donors (Lipinski definition) is 0. The first-order chi connectivity index (χ1) is 15.9. The van der Waals surface area contributed by atoms with Gasteiger partial charge in [-0.3, -0.25) is 23.8 Å². The number of nitrogens with zero attached hydrogens (tertiary/aromatic N) is 6. The SMILES string of the molecule is COCc1ncc(-c2ccc3ncc4c(c3c2)n(-c2cn(C)nc2Cl)c(=O)n4C)cc1OC. The highest BCUT2D eigenvalue weighted by atomic mass is 35.5. The summed E-state index contributed by atoms with van der Waals surface area (Å²) in [5.74, 6) is 0.643. The molecule has 1 aromatic carbocycles. The largest absolute Gasteiger partial charge is 0.495 e. The Hall–Kier alpha value is -3.69. The molecule has 5 aromatic rings. The van der Waals surface area contributed by atoms with E-state index in [9.17, 15) is 4.79 Å². The highest BCUT2D eigenvalue weighted by Crippen LogP contribution is 2.32. The van der Waals surface area contributed by atoms with Crippen molar-refractivity contribution >= 4 is 33.5 Å². The second-order valence-electron chi connectivity index (χ2n) is 7.69. The van der Waals surface area contributed by atoms with Crippen LogP contribution in [0.4, 0.5) is 0 Å². The maximum absolute atomic E-state index is 13.2. The number of halogens is 1. The molecule has 0 saturated heterocycles. The van der Waals surface area contributed by atoms with Crippen molar-refractivity contribution in [2.24, 2.45) is 14.1 Å². The Labute approximate surface area is 193 Å². The monoisotopic (exact) mass is 464 g/mol. The molecule has 0 spiro atoms. The van der Waals surface area contributed by atoms with Crippen molar-refractivity contribution in [3.8, 4) is 22.6 Å². The summed E-state index contributed by atoms with van der Waals surface area (Å²) in [5.41, 5.74) is 4.93. The second-order valence-corrected chi connectivity index (χ2v) is 8.04. The fraction of sp³-hybridized carbons (Fsp3) is 0.217. The van der Waals surface area contributed by atoms with Gasteiger partial charge in [-0.2, -0.15) is 5.10 Å². The zero-order valence-corrected chi connectivity index (χ0v) is 19.3. The average molecular weight is 465 g/mol. The molecule has 168 valence electrons. The van der Waals surface area contributed by atoms with E-state index in [4.69, 9.17) is 21.1 Å². The Morgan fingerprint density at radius 2 is 1.88 bits per heavy atom. The van der Waals surface area contributed by atoms with Crippen LogP contribution in [-0.4, -0.2) is 43.1 Å². The lowest BCUT2D eigenvalue weighted by Gasteiger charge is -2.10. The number of pyridine rings is 2. The molecule has 0 amide bonds. The van der Waals surface area contributed by atoms with Gasteiger partial charge in [0.1, 0.15) is 17.1 Å². The summed E-state index contributed by atoms with van der Waals surface area (Å²) in [7, 11) is 6.70. The highest BCUT2D eigenvalue weighted by Gasteiger charge is 2.20. The van der Waals surface area contributed by atoms with E-state index in [-0.39, 0.29) is 10.8 Å². The van der Waals surface area contributed by atoms with Crippen molar-refractivity contribution in [2.75, 3.05) is 14.2 Å². The summed E-state index contributed by atoms with van der Waals surface area (Å²) in [6.07, 6.45) is 5.20. The van der Waals surface area contributed by atoms with Gasteiger partial charge >= 0.3 is 5.69 Å². The maximum Gasteiger partial charge on any atom is 0.333 e. The Kier molecular flexibility index (Phi) is 5.15. The molecule has 0 aliphatic carbocycles. The Bertz CT molecular complexity index is 1580. The lowest BCUT2D eigenvalue weighted by Crippen LogP contribution is -2.20. The molecule has 0 N–H and O–H groups in total. The number of aromatic nitrogens is 6. The van der Waals surface area contributed by atoms with Gasteiger partial charge in [-0.1, -0.05) is 17.7 Å². The molecule has 4 aromatic heterocycles. The molecule has 5 rings (SSSR count). The normalized spacial score (nSPS) is 11.5. The minimum Gasteiger partial charge on any atom is -0.495 e. The molecule has 0 unspecified atom stereocenters. The van der Waals surface area contributed by atoms with Gasteiger partial charge in [-0.25, -0.2) is 4.79 Å². The number of benzene rings is 1. The van der Waals surface area contributed by atoms with Crippen LogP contribution < -0.4 is 10.4 Å². The van der Waals surface area contributed by atoms with E-state index in [1.807, 2.05) is 24.3 Å². The molecule has 33 heavy (non-hydrogen) atoms. The quantitative estimate of drug-likeness (QED) is 0.395. The number of methoxy groups -OCH3 is 2. The van der Waals surface area contributed by atoms with E-state index in [2.05, 4.69) is 15.1 Å². The van der Waals surface area contributed by atoms with Crippen LogP contribution in [0.15, 0.2) is 47.7 Å². The molecule has 9 nitrogen and oxygen atoms in total. The van der Waals surface area contributed by atoms with E-state index in [0.29, 0.717) is 29.1 Å². The van der Waals surface area contributed by atoms with E-state index >= 15 is 0 Å². The lowest BCUT2D eigenvalue weighted by atomic mass is 10.0. The van der Waals surface area contributed by atoms with Gasteiger partial charge < -0.3 is 9.47 Å². The molecular formula is C23H21ClN6O3. The summed E-state index contributed by atoms with van der Waals surface area (Å²) < 4.78 is 15.4. The Morgan fingerprint density at radius 1 is 1.06 bits per heavy atom. The van der Waals surface area contributed by atoms with Gasteiger partial charge in [0.25, 0.3) is 0 Å². The molecular weight excluding hydrogens is 444 g/mol. The molecule has 4 heterocycles. The number of ether oxygens (including phenoxy) is 2. The third kappa shape index (κ3) is 3.37. The summed E-state index contributed by atoms with van der Waals surface area (Å²) in [5, 5.41) is 5.25. The fourth-order valence-corrected chi connectivity index (χ4v) is 4.30. The minimum absolute atomic E-state index is 0.230. The van der Waals surface area contributed by atoms with Gasteiger partial charge in [-0.15, -0.1) is 0 Å². The first-order valence-corrected chi connectivity index (χ1v) is 10.5. The summed E-state index contributed by atoms with van der Waals surface area (Å²) in [6, 6.07) is 7.81. The molecule has 10 heteroatoms. The fourth-order valence-electron chi connectivity index (χ4n) is 4.05. The van der Waals surface area contributed by atoms with Crippen LogP contribution in [0.5, 0.6) is 5.75 Å². The molecule has 0 aliphatic rings. The molecule has 0 saturated carbocycles. The molecule has 0 radical (unpaired) electrons. The third-order valence-electron chi connectivity index (χ3n) is 5.66. The van der Waals surface area contributed by atoms with Gasteiger partial charge in [-0.05, 0) is 23.8 Å². The number of rotatable bonds is 5. The van der Waals surface area contributed by atoms with E-state index in [0.717, 1.165) is 27.7 Å². The summed E-state index contributed by atoms with van der Waals surface area (Å²) in [4.78, 5) is 22.3. The van der Waals surface area contributed by atoms with Gasteiger partial charge in [0.15, 0.2) is 5.15 Å². The molecule has 0 fully saturated rings. The maximum atomic E-state index is 13.2. The van der Waals surface area contributed by atoms with Crippen molar-refractivity contribution < 1.29 is 9.47 Å². The van der Waals surface area contributed by atoms with Gasteiger partial charge in [0, 0.05) is 38.4 Å². The van der Waals surface area contributed by atoms with Crippen LogP contribution >= 0.6 is 11.6 Å². The highest BCUT2D eigenvalue weighted by molar-refractivity contribution is 6.31. The van der Waals surface area contributed by atoms with Crippen LogP contribution in [-0.2, 0) is 25.4 Å². The number of hydrogen-bond acceptors (Lipinski definition) is 6. The average Bonchev–Trinajstić information content (AvgIpc) is 3.28. The van der Waals surface area contributed by atoms with E-state index in [1.54, 1.807) is 60.7 Å². The smallest absolute Gasteiger partial charge is 0.333 e. The first-order valence-electron chi connectivity index (χ1n) is 10.1. The number of fused-ring (bicyclic) bond motifs is 3. The standard InChI is InChI=1S/C23H21ClN6O3/c1-28-11-19(22(24)27-28)30-21-15-7-13(14-8-20(33-4)17(12-32-3)25-9-14)5-6-16(15)26-10-18(21)29(2)23(30)31/h5-11H,12H2,1-4H3. The zero-order valence-electron chi connectivity index (χ0n) is 18.5. The molecule has 0 aliphatic heterocycles. The number of imidazole rings is 1. The minimum atomic E-state index is -0.230. The predicted octanol–water partition coefficient (Wildman–Crippen LogP) is 3.48. The van der Waals surface area contributed by atoms with Crippen LogP contribution in [0, 0.1) is 0 Å². The van der Waals surface area contributed by atoms with Gasteiger partial charge in [0.2, 0.25) is 0 Å². The van der Waals surface area contributed by atoms with Crippen LogP contribution in [0.1, 0.15) is 5.69 Å². The Balaban J connectivity index is 1.79. The molecule has 0 bridgehead atoms. The molecule has 0 atom stereocenters. The van der Waals surface area contributed by atoms with Crippen LogP contribution in [0.2, 0.25) is 5.15 Å². The van der Waals surface area contributed by atoms with Gasteiger partial charge in [0.05, 0.1) is 42.7 Å². The first kappa shape index (κ1) is 21.2. The zero-order chi connectivity index (χ0) is 23.3. The van der Waals surface area contributed by atoms with Crippen molar-refractivity contribution in [2.45, 2.75) is 6.61 Å². The lowest BCUT2D eigenvalue weighted by molar-refractivity contribution is 0.178.